The summed E-state index contributed by atoms with van der Waals surface area (Å²) in [6.07, 6.45) is 1.45. The standard InChI is InChI=1S/C11H14N4OS/c1-15(6-8-4-3-5-17-8)10-9(12)11(16-2)14-7-13-10/h3-5,7H,6,12H2,1-2H3. The van der Waals surface area contributed by atoms with Crippen LogP contribution in [0.1, 0.15) is 4.88 Å². The molecule has 0 spiro atoms. The number of hydrogen-bond acceptors (Lipinski definition) is 6. The van der Waals surface area contributed by atoms with E-state index >= 15 is 0 Å². The molecular weight excluding hydrogens is 236 g/mol. The SMILES string of the molecule is COc1ncnc(N(C)Cc2cccs2)c1N. The number of thiophene rings is 1. The van der Waals surface area contributed by atoms with E-state index in [1.165, 1.54) is 11.2 Å². The lowest BCUT2D eigenvalue weighted by atomic mass is 10.4. The molecule has 0 aliphatic rings. The molecule has 0 aliphatic heterocycles. The van der Waals surface area contributed by atoms with Gasteiger partial charge in [-0.3, -0.25) is 0 Å². The highest BCUT2D eigenvalue weighted by Crippen LogP contribution is 2.27. The van der Waals surface area contributed by atoms with Crippen LogP contribution in [0.25, 0.3) is 0 Å². The lowest BCUT2D eigenvalue weighted by Crippen LogP contribution is -2.19. The molecule has 0 saturated heterocycles. The van der Waals surface area contributed by atoms with Crippen LogP contribution in [0.3, 0.4) is 0 Å². The maximum atomic E-state index is 5.94. The summed E-state index contributed by atoms with van der Waals surface area (Å²) in [7, 11) is 3.49. The molecule has 0 atom stereocenters. The lowest BCUT2D eigenvalue weighted by molar-refractivity contribution is 0.399. The Morgan fingerprint density at radius 2 is 2.29 bits per heavy atom. The fraction of sp³-hybridized carbons (Fsp3) is 0.273. The van der Waals surface area contributed by atoms with Crippen LogP contribution in [0.15, 0.2) is 23.8 Å². The Labute approximate surface area is 104 Å². The van der Waals surface area contributed by atoms with Gasteiger partial charge in [0.05, 0.1) is 13.7 Å². The number of hydrogen-bond donors (Lipinski definition) is 1. The van der Waals surface area contributed by atoms with Gasteiger partial charge >= 0.3 is 0 Å². The molecule has 0 saturated carbocycles. The van der Waals surface area contributed by atoms with E-state index in [1.54, 1.807) is 18.4 Å². The number of nitrogens with two attached hydrogens (primary N) is 1. The van der Waals surface area contributed by atoms with Gasteiger partial charge in [-0.05, 0) is 11.4 Å². The van der Waals surface area contributed by atoms with Crippen molar-refractivity contribution in [3.63, 3.8) is 0 Å². The van der Waals surface area contributed by atoms with Crippen molar-refractivity contribution < 1.29 is 4.74 Å². The summed E-state index contributed by atoms with van der Waals surface area (Å²) in [5.41, 5.74) is 6.40. The van der Waals surface area contributed by atoms with Crippen LogP contribution in [0.4, 0.5) is 11.5 Å². The van der Waals surface area contributed by atoms with Gasteiger partial charge in [-0.1, -0.05) is 6.07 Å². The summed E-state index contributed by atoms with van der Waals surface area (Å²) < 4.78 is 5.07. The summed E-state index contributed by atoms with van der Waals surface area (Å²) in [6, 6.07) is 4.10. The molecule has 6 heteroatoms. The van der Waals surface area contributed by atoms with Gasteiger partial charge < -0.3 is 15.4 Å². The van der Waals surface area contributed by atoms with Gasteiger partial charge in [0.15, 0.2) is 5.82 Å². The topological polar surface area (TPSA) is 64.3 Å². The minimum Gasteiger partial charge on any atom is -0.479 e. The normalized spacial score (nSPS) is 10.2. The first-order chi connectivity index (χ1) is 8.22. The molecular formula is C11H14N4OS. The van der Waals surface area contributed by atoms with E-state index in [0.29, 0.717) is 17.4 Å². The van der Waals surface area contributed by atoms with E-state index < -0.39 is 0 Å². The molecule has 0 aliphatic carbocycles. The highest BCUT2D eigenvalue weighted by Gasteiger charge is 2.12. The van der Waals surface area contributed by atoms with E-state index in [2.05, 4.69) is 16.0 Å². The summed E-state index contributed by atoms with van der Waals surface area (Å²) in [5, 5.41) is 2.05. The van der Waals surface area contributed by atoms with Crippen molar-refractivity contribution in [3.8, 4) is 5.88 Å². The maximum absolute atomic E-state index is 5.94. The molecule has 17 heavy (non-hydrogen) atoms. The second kappa shape index (κ2) is 5.01. The zero-order valence-corrected chi connectivity index (χ0v) is 10.6. The van der Waals surface area contributed by atoms with Gasteiger partial charge in [-0.2, -0.15) is 4.98 Å². The van der Waals surface area contributed by atoms with Gasteiger partial charge in [-0.25, -0.2) is 4.98 Å². The smallest absolute Gasteiger partial charge is 0.242 e. The average Bonchev–Trinajstić information content (AvgIpc) is 2.82. The van der Waals surface area contributed by atoms with Gasteiger partial charge in [0.2, 0.25) is 5.88 Å². The Bertz CT molecular complexity index is 486. The molecule has 0 radical (unpaired) electrons. The van der Waals surface area contributed by atoms with Gasteiger partial charge in [0.25, 0.3) is 0 Å². The summed E-state index contributed by atoms with van der Waals surface area (Å²) >= 11 is 1.70. The number of rotatable bonds is 4. The van der Waals surface area contributed by atoms with Crippen molar-refractivity contribution in [2.75, 3.05) is 24.8 Å². The van der Waals surface area contributed by atoms with E-state index in [-0.39, 0.29) is 0 Å². The average molecular weight is 250 g/mol. The van der Waals surface area contributed by atoms with Crippen molar-refractivity contribution in [3.05, 3.63) is 28.7 Å². The van der Waals surface area contributed by atoms with E-state index in [1.807, 2.05) is 23.4 Å². The number of anilines is 2. The number of methoxy groups -OCH3 is 1. The molecule has 2 aromatic heterocycles. The zero-order valence-electron chi connectivity index (χ0n) is 9.75. The Hall–Kier alpha value is -1.82. The first kappa shape index (κ1) is 11.7. The third-order valence-electron chi connectivity index (χ3n) is 2.35. The van der Waals surface area contributed by atoms with E-state index in [9.17, 15) is 0 Å². The second-order valence-electron chi connectivity index (χ2n) is 3.56. The zero-order chi connectivity index (χ0) is 12.3. The van der Waals surface area contributed by atoms with Crippen LogP contribution in [0.5, 0.6) is 5.88 Å². The predicted octanol–water partition coefficient (Wildman–Crippen LogP) is 1.77. The summed E-state index contributed by atoms with van der Waals surface area (Å²) in [4.78, 5) is 11.4. The Morgan fingerprint density at radius 1 is 1.47 bits per heavy atom. The summed E-state index contributed by atoms with van der Waals surface area (Å²) in [5.74, 6) is 1.10. The van der Waals surface area contributed by atoms with Crippen LogP contribution < -0.4 is 15.4 Å². The number of ether oxygens (including phenoxy) is 1. The van der Waals surface area contributed by atoms with Gasteiger partial charge in [0.1, 0.15) is 12.0 Å². The molecule has 0 bridgehead atoms. The first-order valence-corrected chi connectivity index (χ1v) is 5.98. The molecule has 0 amide bonds. The predicted molar refractivity (Wildman–Crippen MR) is 69.4 cm³/mol. The van der Waals surface area contributed by atoms with Crippen LogP contribution in [0.2, 0.25) is 0 Å². The fourth-order valence-electron chi connectivity index (χ4n) is 1.55. The van der Waals surface area contributed by atoms with Crippen LogP contribution in [0, 0.1) is 0 Å². The molecule has 2 heterocycles. The van der Waals surface area contributed by atoms with Crippen molar-refractivity contribution in [2.24, 2.45) is 0 Å². The number of aromatic nitrogens is 2. The monoisotopic (exact) mass is 250 g/mol. The van der Waals surface area contributed by atoms with Crippen LogP contribution >= 0.6 is 11.3 Å². The molecule has 2 aromatic rings. The highest BCUT2D eigenvalue weighted by atomic mass is 32.1. The second-order valence-corrected chi connectivity index (χ2v) is 4.59. The molecule has 2 N–H and O–H groups in total. The Kier molecular flexibility index (Phi) is 3.43. The van der Waals surface area contributed by atoms with E-state index in [0.717, 1.165) is 6.54 Å². The van der Waals surface area contributed by atoms with Crippen molar-refractivity contribution >= 4 is 22.8 Å². The number of nitrogens with zero attached hydrogens (tertiary/aromatic N) is 3. The van der Waals surface area contributed by atoms with Crippen molar-refractivity contribution in [1.29, 1.82) is 0 Å². The maximum Gasteiger partial charge on any atom is 0.242 e. The minimum atomic E-state index is 0.410. The van der Waals surface area contributed by atoms with Crippen LogP contribution in [-0.4, -0.2) is 24.1 Å². The molecule has 5 nitrogen and oxygen atoms in total. The Morgan fingerprint density at radius 3 is 2.94 bits per heavy atom. The third-order valence-corrected chi connectivity index (χ3v) is 3.22. The van der Waals surface area contributed by atoms with Gasteiger partial charge in [0, 0.05) is 11.9 Å². The number of nitrogen functional groups attached to an aromatic ring is 1. The molecule has 2 rings (SSSR count). The van der Waals surface area contributed by atoms with Crippen LogP contribution in [-0.2, 0) is 6.54 Å². The highest BCUT2D eigenvalue weighted by molar-refractivity contribution is 7.09. The molecule has 0 unspecified atom stereocenters. The fourth-order valence-corrected chi connectivity index (χ4v) is 2.31. The largest absolute Gasteiger partial charge is 0.479 e. The molecule has 0 fully saturated rings. The van der Waals surface area contributed by atoms with E-state index in [4.69, 9.17) is 10.5 Å². The Balaban J connectivity index is 2.22. The van der Waals surface area contributed by atoms with Crippen molar-refractivity contribution in [2.45, 2.75) is 6.54 Å². The lowest BCUT2D eigenvalue weighted by Gasteiger charge is -2.19. The summed E-state index contributed by atoms with van der Waals surface area (Å²) in [6.45, 7) is 0.766. The minimum absolute atomic E-state index is 0.410. The molecule has 0 aromatic carbocycles. The quantitative estimate of drug-likeness (QED) is 0.895. The molecule has 90 valence electrons. The third kappa shape index (κ3) is 2.47. The first-order valence-electron chi connectivity index (χ1n) is 5.10. The van der Waals surface area contributed by atoms with Crippen molar-refractivity contribution in [1.82, 2.24) is 9.97 Å². The van der Waals surface area contributed by atoms with Gasteiger partial charge in [-0.15, -0.1) is 11.3 Å².